The molecule has 3 aliphatic rings. The lowest BCUT2D eigenvalue weighted by Gasteiger charge is -2.19. The molecule has 0 aromatic carbocycles. The fourth-order valence-electron chi connectivity index (χ4n) is 2.56. The zero-order chi connectivity index (χ0) is 14.5. The average molecular weight is 277 g/mol. The van der Waals surface area contributed by atoms with E-state index in [1.807, 2.05) is 0 Å². The number of hydrogen-bond donors (Lipinski definition) is 2. The molecule has 1 aliphatic carbocycles. The Kier molecular flexibility index (Phi) is 2.63. The molecule has 0 saturated carbocycles. The molecule has 0 amide bonds. The van der Waals surface area contributed by atoms with Crippen molar-refractivity contribution in [3.63, 3.8) is 0 Å². The Bertz CT molecular complexity index is 629. The molecule has 3 rings (SSSR count). The van der Waals surface area contributed by atoms with Crippen LogP contribution in [-0.4, -0.2) is 47.0 Å². The second-order valence-corrected chi connectivity index (χ2v) is 4.55. The van der Waals surface area contributed by atoms with Crippen LogP contribution in [0.1, 0.15) is 0 Å². The normalized spacial score (nSPS) is 33.8. The van der Waals surface area contributed by atoms with Crippen LogP contribution in [0.25, 0.3) is 0 Å². The maximum atomic E-state index is 11.5. The van der Waals surface area contributed by atoms with Crippen LogP contribution in [0.5, 0.6) is 0 Å². The first-order valence-corrected chi connectivity index (χ1v) is 5.88. The van der Waals surface area contributed by atoms with Crippen molar-refractivity contribution in [1.82, 2.24) is 0 Å². The molecule has 0 fully saturated rings. The predicted molar refractivity (Wildman–Crippen MR) is 65.7 cm³/mol. The number of methoxy groups -OCH3 is 1. The molecule has 0 aromatic heterocycles. The van der Waals surface area contributed by atoms with Crippen LogP contribution in [0.2, 0.25) is 0 Å². The van der Waals surface area contributed by atoms with E-state index in [1.54, 1.807) is 12.2 Å². The van der Waals surface area contributed by atoms with Crippen LogP contribution in [0.4, 0.5) is 0 Å². The first-order chi connectivity index (χ1) is 9.46. The molecule has 0 saturated heterocycles. The maximum Gasteiger partial charge on any atom is 0.339 e. The number of aliphatic hydroxyl groups is 1. The Morgan fingerprint density at radius 2 is 2.25 bits per heavy atom. The summed E-state index contributed by atoms with van der Waals surface area (Å²) in [6.07, 6.45) is 4.85. The molecule has 0 bridgehead atoms. The van der Waals surface area contributed by atoms with Crippen LogP contribution in [-0.2, 0) is 19.1 Å². The first kappa shape index (κ1) is 12.8. The maximum absolute atomic E-state index is 11.5. The zero-order valence-electron chi connectivity index (χ0n) is 10.4. The van der Waals surface area contributed by atoms with Crippen LogP contribution in [0.3, 0.4) is 0 Å². The van der Waals surface area contributed by atoms with E-state index in [9.17, 15) is 19.8 Å². The summed E-state index contributed by atoms with van der Waals surface area (Å²) in [5.74, 6) is -4.50. The van der Waals surface area contributed by atoms with Gasteiger partial charge in [0.15, 0.2) is 6.10 Å². The monoisotopic (exact) mass is 277 g/mol. The number of rotatable bonds is 2. The minimum Gasteiger partial charge on any atom is -0.478 e. The van der Waals surface area contributed by atoms with Gasteiger partial charge in [-0.15, -0.1) is 0 Å². The molecular weight excluding hydrogens is 266 g/mol. The van der Waals surface area contributed by atoms with Crippen molar-refractivity contribution in [2.45, 2.75) is 12.0 Å². The highest BCUT2D eigenvalue weighted by Crippen LogP contribution is 2.45. The van der Waals surface area contributed by atoms with Gasteiger partial charge >= 0.3 is 11.9 Å². The van der Waals surface area contributed by atoms with E-state index < -0.39 is 29.9 Å². The first-order valence-electron chi connectivity index (χ1n) is 5.88. The van der Waals surface area contributed by atoms with Crippen LogP contribution < -0.4 is 0 Å². The van der Waals surface area contributed by atoms with Gasteiger partial charge < -0.3 is 19.7 Å². The number of carboxylic acid groups (broad SMARTS) is 1. The Morgan fingerprint density at radius 1 is 1.50 bits per heavy atom. The van der Waals surface area contributed by atoms with Gasteiger partial charge in [-0.25, -0.2) is 14.6 Å². The smallest absolute Gasteiger partial charge is 0.339 e. The van der Waals surface area contributed by atoms with E-state index in [4.69, 9.17) is 4.74 Å². The number of carbonyl (C=O) groups excluding carboxylic acids is 1. The summed E-state index contributed by atoms with van der Waals surface area (Å²) in [7, 11) is 1.20. The molecule has 2 heterocycles. The number of carbonyl (C=O) groups is 2. The molecule has 0 spiro atoms. The summed E-state index contributed by atoms with van der Waals surface area (Å²) >= 11 is 0. The van der Waals surface area contributed by atoms with Crippen molar-refractivity contribution in [1.29, 1.82) is 0 Å². The molecule has 20 heavy (non-hydrogen) atoms. The lowest BCUT2D eigenvalue weighted by Crippen LogP contribution is -2.32. The molecule has 7 heteroatoms. The summed E-state index contributed by atoms with van der Waals surface area (Å²) in [5.41, 5.74) is 0.699. The SMILES string of the molecule is COC(=O)C1C=C2C3C(C(=O)O)=CC=CC3=NC2(O)O1. The van der Waals surface area contributed by atoms with E-state index in [2.05, 4.69) is 9.73 Å². The van der Waals surface area contributed by atoms with E-state index in [1.165, 1.54) is 19.3 Å². The van der Waals surface area contributed by atoms with E-state index in [0.29, 0.717) is 5.71 Å². The molecule has 0 aromatic rings. The predicted octanol–water partition coefficient (Wildman–Crippen LogP) is -0.218. The van der Waals surface area contributed by atoms with Gasteiger partial charge in [0.2, 0.25) is 0 Å². The van der Waals surface area contributed by atoms with Crippen molar-refractivity contribution >= 4 is 17.7 Å². The van der Waals surface area contributed by atoms with Crippen molar-refractivity contribution in [3.8, 4) is 0 Å². The number of aliphatic carboxylic acids is 1. The number of ether oxygens (including phenoxy) is 2. The number of aliphatic imine (C=N–C) groups is 1. The lowest BCUT2D eigenvalue weighted by molar-refractivity contribution is -0.189. The standard InChI is InChI=1S/C13H11NO6/c1-19-12(17)9-5-7-10-6(11(15)16)3-2-4-8(10)14-13(7,18)20-9/h2-5,9-10,18H,1H3,(H,15,16). The Labute approximate surface area is 113 Å². The molecule has 3 unspecified atom stereocenters. The van der Waals surface area contributed by atoms with Crippen LogP contribution in [0.15, 0.2) is 40.4 Å². The van der Waals surface area contributed by atoms with Crippen molar-refractivity contribution < 1.29 is 29.3 Å². The van der Waals surface area contributed by atoms with E-state index in [0.717, 1.165) is 0 Å². The highest BCUT2D eigenvalue weighted by molar-refractivity contribution is 6.10. The number of hydrogen-bond acceptors (Lipinski definition) is 6. The van der Waals surface area contributed by atoms with Crippen molar-refractivity contribution in [2.75, 3.05) is 7.11 Å². The molecule has 2 N–H and O–H groups in total. The number of allylic oxidation sites excluding steroid dienone is 3. The summed E-state index contributed by atoms with van der Waals surface area (Å²) in [6.45, 7) is 0. The van der Waals surface area contributed by atoms with E-state index in [-0.39, 0.29) is 11.1 Å². The summed E-state index contributed by atoms with van der Waals surface area (Å²) in [6, 6.07) is 0. The minimum atomic E-state index is -2.00. The van der Waals surface area contributed by atoms with Gasteiger partial charge in [0.05, 0.1) is 24.3 Å². The Balaban J connectivity index is 2.03. The zero-order valence-corrected chi connectivity index (χ0v) is 10.4. The lowest BCUT2D eigenvalue weighted by atomic mass is 9.84. The number of fused-ring (bicyclic) bond motifs is 3. The fraction of sp³-hybridized carbons (Fsp3) is 0.308. The second kappa shape index (κ2) is 4.12. The molecule has 0 radical (unpaired) electrons. The Hall–Kier alpha value is -2.25. The third kappa shape index (κ3) is 1.64. The summed E-state index contributed by atoms with van der Waals surface area (Å²) in [4.78, 5) is 26.7. The Morgan fingerprint density at radius 3 is 2.90 bits per heavy atom. The minimum absolute atomic E-state index is 0.0718. The quantitative estimate of drug-likeness (QED) is 0.534. The number of nitrogens with zero attached hydrogens (tertiary/aromatic N) is 1. The molecule has 7 nitrogen and oxygen atoms in total. The van der Waals surface area contributed by atoms with Gasteiger partial charge in [-0.2, -0.15) is 0 Å². The third-order valence-corrected chi connectivity index (χ3v) is 3.42. The second-order valence-electron chi connectivity index (χ2n) is 4.55. The highest BCUT2D eigenvalue weighted by Gasteiger charge is 2.54. The molecule has 104 valence electrons. The third-order valence-electron chi connectivity index (χ3n) is 3.42. The highest BCUT2D eigenvalue weighted by atomic mass is 16.7. The largest absolute Gasteiger partial charge is 0.478 e. The molecular formula is C13H11NO6. The van der Waals surface area contributed by atoms with Gasteiger partial charge in [-0.1, -0.05) is 12.2 Å². The van der Waals surface area contributed by atoms with Gasteiger partial charge in [-0.3, -0.25) is 0 Å². The van der Waals surface area contributed by atoms with Gasteiger partial charge in [0.1, 0.15) is 0 Å². The molecule has 3 atom stereocenters. The summed E-state index contributed by atoms with van der Waals surface area (Å²) in [5, 5.41) is 19.5. The average Bonchev–Trinajstić information content (AvgIpc) is 2.87. The van der Waals surface area contributed by atoms with Crippen LogP contribution in [0, 0.1) is 5.92 Å². The summed E-state index contributed by atoms with van der Waals surface area (Å²) < 4.78 is 9.73. The topological polar surface area (TPSA) is 105 Å². The van der Waals surface area contributed by atoms with Crippen molar-refractivity contribution in [2.24, 2.45) is 10.9 Å². The van der Waals surface area contributed by atoms with Gasteiger partial charge in [0.25, 0.3) is 5.91 Å². The van der Waals surface area contributed by atoms with E-state index >= 15 is 0 Å². The van der Waals surface area contributed by atoms with Gasteiger partial charge in [0, 0.05) is 5.57 Å². The van der Waals surface area contributed by atoms with Crippen LogP contribution >= 0.6 is 0 Å². The number of carboxylic acids is 1. The fourth-order valence-corrected chi connectivity index (χ4v) is 2.56. The van der Waals surface area contributed by atoms with Crippen molar-refractivity contribution in [3.05, 3.63) is 35.5 Å². The molecule has 2 aliphatic heterocycles. The number of esters is 1. The van der Waals surface area contributed by atoms with Gasteiger partial charge in [-0.05, 0) is 12.2 Å².